The maximum absolute atomic E-state index is 12.0. The molecule has 1 unspecified atom stereocenters. The molecule has 1 aromatic rings. The number of anilines is 2. The van der Waals surface area contributed by atoms with Gasteiger partial charge in [0.25, 0.3) is 0 Å². The van der Waals surface area contributed by atoms with Gasteiger partial charge in [0.1, 0.15) is 0 Å². The van der Waals surface area contributed by atoms with Gasteiger partial charge in [0, 0.05) is 31.4 Å². The average molecular weight is 247 g/mol. The third-order valence-electron chi connectivity index (χ3n) is 3.58. The summed E-state index contributed by atoms with van der Waals surface area (Å²) in [6.07, 6.45) is 0. The Morgan fingerprint density at radius 1 is 1.33 bits per heavy atom. The lowest BCUT2D eigenvalue weighted by Gasteiger charge is -2.31. The predicted octanol–water partition coefficient (Wildman–Crippen LogP) is 1.55. The van der Waals surface area contributed by atoms with E-state index in [9.17, 15) is 4.79 Å². The van der Waals surface area contributed by atoms with E-state index in [1.807, 2.05) is 50.2 Å². The van der Waals surface area contributed by atoms with E-state index < -0.39 is 0 Å². The third-order valence-corrected chi connectivity index (χ3v) is 3.58. The molecule has 1 amide bonds. The highest BCUT2D eigenvalue weighted by atomic mass is 16.1. The van der Waals surface area contributed by atoms with Crippen molar-refractivity contribution in [3.8, 4) is 0 Å². The minimum absolute atomic E-state index is 0.0692. The normalized spacial score (nSPS) is 16.8. The zero-order valence-corrected chi connectivity index (χ0v) is 11.2. The number of benzene rings is 1. The fraction of sp³-hybridized carbons (Fsp3) is 0.500. The molecule has 0 bridgehead atoms. The molecule has 1 heterocycles. The van der Waals surface area contributed by atoms with Crippen LogP contribution in [0, 0.1) is 11.8 Å². The molecule has 1 aliphatic rings. The van der Waals surface area contributed by atoms with Crippen molar-refractivity contribution in [3.63, 3.8) is 0 Å². The smallest absolute Gasteiger partial charge is 0.227 e. The van der Waals surface area contributed by atoms with Gasteiger partial charge in [0.05, 0.1) is 0 Å². The summed E-state index contributed by atoms with van der Waals surface area (Å²) in [7, 11) is 4.00. The Hall–Kier alpha value is -1.55. The van der Waals surface area contributed by atoms with Crippen LogP contribution >= 0.6 is 0 Å². The second-order valence-corrected chi connectivity index (χ2v) is 5.14. The van der Waals surface area contributed by atoms with Gasteiger partial charge in [-0.25, -0.2) is 0 Å². The van der Waals surface area contributed by atoms with Gasteiger partial charge in [-0.05, 0) is 43.3 Å². The van der Waals surface area contributed by atoms with Crippen LogP contribution in [0.3, 0.4) is 0 Å². The highest BCUT2D eigenvalue weighted by molar-refractivity contribution is 5.92. The van der Waals surface area contributed by atoms with E-state index >= 15 is 0 Å². The zero-order chi connectivity index (χ0) is 13.1. The fourth-order valence-electron chi connectivity index (χ4n) is 1.98. The van der Waals surface area contributed by atoms with Crippen LogP contribution in [-0.4, -0.2) is 33.1 Å². The number of amides is 1. The Balaban J connectivity index is 1.94. The Bertz CT molecular complexity index is 410. The molecule has 0 saturated carbocycles. The van der Waals surface area contributed by atoms with Crippen LogP contribution in [0.5, 0.6) is 0 Å². The number of nitrogens with one attached hydrogen (secondary N) is 2. The first-order chi connectivity index (χ1) is 8.58. The van der Waals surface area contributed by atoms with Crippen molar-refractivity contribution in [2.24, 2.45) is 11.8 Å². The Morgan fingerprint density at radius 2 is 1.94 bits per heavy atom. The molecular formula is C14H21N3O. The van der Waals surface area contributed by atoms with Crippen molar-refractivity contribution in [1.29, 1.82) is 0 Å². The summed E-state index contributed by atoms with van der Waals surface area (Å²) in [5.74, 6) is 0.657. The lowest BCUT2D eigenvalue weighted by molar-refractivity contribution is -0.121. The minimum atomic E-state index is 0.0692. The highest BCUT2D eigenvalue weighted by Gasteiger charge is 2.28. The van der Waals surface area contributed by atoms with Gasteiger partial charge in [-0.3, -0.25) is 4.79 Å². The maximum Gasteiger partial charge on any atom is 0.227 e. The van der Waals surface area contributed by atoms with Crippen LogP contribution in [0.25, 0.3) is 0 Å². The summed E-state index contributed by atoms with van der Waals surface area (Å²) in [6, 6.07) is 7.90. The number of rotatable bonds is 4. The van der Waals surface area contributed by atoms with Crippen LogP contribution < -0.4 is 15.5 Å². The quantitative estimate of drug-likeness (QED) is 0.848. The molecule has 4 heteroatoms. The van der Waals surface area contributed by atoms with E-state index in [0.29, 0.717) is 5.92 Å². The monoisotopic (exact) mass is 247 g/mol. The number of carbonyl (C=O) groups excluding carboxylic acids is 1. The van der Waals surface area contributed by atoms with Crippen molar-refractivity contribution in [3.05, 3.63) is 24.3 Å². The Labute approximate surface area is 108 Å². The van der Waals surface area contributed by atoms with Gasteiger partial charge in [-0.15, -0.1) is 0 Å². The standard InChI is InChI=1S/C14H21N3O/c1-10(11-8-15-9-11)14(18)16-12-4-6-13(7-5-12)17(2)3/h4-7,10-11,15H,8-9H2,1-3H3,(H,16,18). The summed E-state index contributed by atoms with van der Waals surface area (Å²) >= 11 is 0. The van der Waals surface area contributed by atoms with Crippen molar-refractivity contribution < 1.29 is 4.79 Å². The highest BCUT2D eigenvalue weighted by Crippen LogP contribution is 2.20. The molecular weight excluding hydrogens is 226 g/mol. The van der Waals surface area contributed by atoms with Crippen LogP contribution in [-0.2, 0) is 4.79 Å². The third kappa shape index (κ3) is 2.82. The molecule has 1 aromatic carbocycles. The molecule has 0 spiro atoms. The van der Waals surface area contributed by atoms with E-state index in [1.54, 1.807) is 0 Å². The van der Waals surface area contributed by atoms with Crippen molar-refractivity contribution in [2.75, 3.05) is 37.4 Å². The molecule has 4 nitrogen and oxygen atoms in total. The molecule has 1 saturated heterocycles. The van der Waals surface area contributed by atoms with Crippen LogP contribution in [0.1, 0.15) is 6.92 Å². The molecule has 2 N–H and O–H groups in total. The summed E-state index contributed by atoms with van der Waals surface area (Å²) in [5.41, 5.74) is 1.99. The average Bonchev–Trinajstić information content (AvgIpc) is 2.27. The number of hydrogen-bond donors (Lipinski definition) is 2. The topological polar surface area (TPSA) is 44.4 Å². The SMILES string of the molecule is CC(C(=O)Nc1ccc(N(C)C)cc1)C1CNC1. The second-order valence-electron chi connectivity index (χ2n) is 5.14. The van der Waals surface area contributed by atoms with E-state index in [4.69, 9.17) is 0 Å². The van der Waals surface area contributed by atoms with Crippen molar-refractivity contribution in [2.45, 2.75) is 6.92 Å². The van der Waals surface area contributed by atoms with E-state index in [1.165, 1.54) is 0 Å². The molecule has 1 aliphatic heterocycles. The van der Waals surface area contributed by atoms with E-state index in [0.717, 1.165) is 24.5 Å². The summed E-state index contributed by atoms with van der Waals surface area (Å²) in [4.78, 5) is 14.1. The molecule has 1 atom stereocenters. The Kier molecular flexibility index (Phi) is 3.87. The molecule has 0 aromatic heterocycles. The van der Waals surface area contributed by atoms with Crippen LogP contribution in [0.4, 0.5) is 11.4 Å². The summed E-state index contributed by atoms with van der Waals surface area (Å²) in [6.45, 7) is 3.90. The van der Waals surface area contributed by atoms with Gasteiger partial charge in [-0.1, -0.05) is 6.92 Å². The van der Waals surface area contributed by atoms with E-state index in [-0.39, 0.29) is 11.8 Å². The van der Waals surface area contributed by atoms with Gasteiger partial charge in [-0.2, -0.15) is 0 Å². The van der Waals surface area contributed by atoms with Crippen molar-refractivity contribution >= 4 is 17.3 Å². The summed E-state index contributed by atoms with van der Waals surface area (Å²) < 4.78 is 0. The second kappa shape index (κ2) is 5.40. The number of hydrogen-bond acceptors (Lipinski definition) is 3. The van der Waals surface area contributed by atoms with Gasteiger partial charge in [0.2, 0.25) is 5.91 Å². The first-order valence-corrected chi connectivity index (χ1v) is 6.37. The maximum atomic E-state index is 12.0. The van der Waals surface area contributed by atoms with Gasteiger partial charge in [0.15, 0.2) is 0 Å². The molecule has 0 radical (unpaired) electrons. The molecule has 1 fully saturated rings. The molecule has 0 aliphatic carbocycles. The fourth-order valence-corrected chi connectivity index (χ4v) is 1.98. The first kappa shape index (κ1) is 12.9. The van der Waals surface area contributed by atoms with E-state index in [2.05, 4.69) is 10.6 Å². The largest absolute Gasteiger partial charge is 0.378 e. The Morgan fingerprint density at radius 3 is 2.39 bits per heavy atom. The first-order valence-electron chi connectivity index (χ1n) is 6.37. The van der Waals surface area contributed by atoms with Gasteiger partial charge < -0.3 is 15.5 Å². The van der Waals surface area contributed by atoms with Crippen LogP contribution in [0.15, 0.2) is 24.3 Å². The predicted molar refractivity (Wildman–Crippen MR) is 74.9 cm³/mol. The lowest BCUT2D eigenvalue weighted by atomic mass is 9.88. The minimum Gasteiger partial charge on any atom is -0.378 e. The zero-order valence-electron chi connectivity index (χ0n) is 11.2. The molecule has 2 rings (SSSR count). The van der Waals surface area contributed by atoms with Crippen LogP contribution in [0.2, 0.25) is 0 Å². The van der Waals surface area contributed by atoms with Crippen molar-refractivity contribution in [1.82, 2.24) is 5.32 Å². The molecule has 98 valence electrons. The number of carbonyl (C=O) groups is 1. The summed E-state index contributed by atoms with van der Waals surface area (Å²) in [5, 5.41) is 6.17. The molecule has 18 heavy (non-hydrogen) atoms. The van der Waals surface area contributed by atoms with Gasteiger partial charge >= 0.3 is 0 Å². The lowest BCUT2D eigenvalue weighted by Crippen LogP contribution is -2.48. The number of nitrogens with zero attached hydrogens (tertiary/aromatic N) is 1.